The van der Waals surface area contributed by atoms with Crippen molar-refractivity contribution in [1.29, 1.82) is 0 Å². The summed E-state index contributed by atoms with van der Waals surface area (Å²) in [6.45, 7) is 2.83. The van der Waals surface area contributed by atoms with Crippen LogP contribution in [0.1, 0.15) is 25.6 Å². The molecular weight excluding hydrogens is 384 g/mol. The van der Waals surface area contributed by atoms with Crippen LogP contribution in [0.25, 0.3) is 0 Å². The first-order valence-corrected chi connectivity index (χ1v) is 8.76. The van der Waals surface area contributed by atoms with Crippen LogP contribution in [0.15, 0.2) is 41.3 Å². The smallest absolute Gasteiger partial charge is 0.351 e. The molecule has 11 nitrogen and oxygen atoms in total. The van der Waals surface area contributed by atoms with E-state index >= 15 is 0 Å². The molecule has 0 unspecified atom stereocenters. The van der Waals surface area contributed by atoms with Gasteiger partial charge in [-0.3, -0.25) is 19.5 Å². The van der Waals surface area contributed by atoms with E-state index in [2.05, 4.69) is 10.3 Å². The number of nitro benzene ring substituents is 1. The summed E-state index contributed by atoms with van der Waals surface area (Å²) in [7, 11) is 0. The van der Waals surface area contributed by atoms with Gasteiger partial charge in [0.05, 0.1) is 23.6 Å². The zero-order valence-electron chi connectivity index (χ0n) is 15.8. The lowest BCUT2D eigenvalue weighted by Crippen LogP contribution is -2.36. The van der Waals surface area contributed by atoms with Crippen LogP contribution in [0.4, 0.5) is 11.5 Å². The minimum atomic E-state index is -1.25. The van der Waals surface area contributed by atoms with E-state index in [4.69, 9.17) is 14.6 Å². The predicted molar refractivity (Wildman–Crippen MR) is 100 cm³/mol. The number of hydrogen-bond acceptors (Lipinski definition) is 8. The molecule has 1 aromatic carbocycles. The maximum Gasteiger partial charge on any atom is 0.351 e. The number of nitrogens with zero attached hydrogens (tertiary/aromatic N) is 3. The molecule has 0 saturated carbocycles. The van der Waals surface area contributed by atoms with E-state index in [1.807, 2.05) is 0 Å². The summed E-state index contributed by atoms with van der Waals surface area (Å²) in [6, 6.07) is 7.38. The number of hydrogen-bond donors (Lipinski definition) is 2. The van der Waals surface area contributed by atoms with Crippen LogP contribution >= 0.6 is 0 Å². The van der Waals surface area contributed by atoms with Gasteiger partial charge < -0.3 is 19.9 Å². The Hall–Kier alpha value is -3.15. The second kappa shape index (κ2) is 8.07. The first-order valence-electron chi connectivity index (χ1n) is 8.76. The third-order valence-corrected chi connectivity index (χ3v) is 4.61. The minimum absolute atomic E-state index is 0.000493. The van der Waals surface area contributed by atoms with Gasteiger partial charge in [-0.2, -0.15) is 4.98 Å². The number of aliphatic hydroxyl groups excluding tert-OH is 1. The molecule has 3 rings (SSSR count). The van der Waals surface area contributed by atoms with Crippen LogP contribution in [0.3, 0.4) is 0 Å². The number of ether oxygens (including phenoxy) is 2. The highest BCUT2D eigenvalue weighted by atomic mass is 16.7. The van der Waals surface area contributed by atoms with Gasteiger partial charge in [0, 0.05) is 17.8 Å². The van der Waals surface area contributed by atoms with Crippen molar-refractivity contribution in [2.24, 2.45) is 0 Å². The summed E-state index contributed by atoms with van der Waals surface area (Å²) in [6.07, 6.45) is -0.162. The van der Waals surface area contributed by atoms with E-state index in [9.17, 15) is 19.7 Å². The number of nitrogens with one attached hydrogen (secondary N) is 1. The number of carbonyl (C=O) groups is 1. The lowest BCUT2D eigenvalue weighted by molar-refractivity contribution is -0.385. The first kappa shape index (κ1) is 20.6. The number of rotatable bonds is 6. The molecule has 1 aliphatic heterocycles. The molecule has 1 aromatic heterocycles. The molecule has 2 aromatic rings. The SMILES string of the molecule is CC(C)(C(=O)Nc1ccn([C@@H]2CO[C@H](CO)O2)c(=O)n1)c1ccccc1[N+](=O)[O-]. The second-order valence-electron chi connectivity index (χ2n) is 6.89. The molecule has 154 valence electrons. The molecule has 11 heteroatoms. The summed E-state index contributed by atoms with van der Waals surface area (Å²) in [5.74, 6) is -0.558. The molecule has 0 bridgehead atoms. The second-order valence-corrected chi connectivity index (χ2v) is 6.89. The van der Waals surface area contributed by atoms with Crippen LogP contribution in [-0.2, 0) is 19.7 Å². The fourth-order valence-electron chi connectivity index (χ4n) is 2.94. The van der Waals surface area contributed by atoms with Gasteiger partial charge in [-0.15, -0.1) is 0 Å². The largest absolute Gasteiger partial charge is 0.391 e. The first-order chi connectivity index (χ1) is 13.7. The monoisotopic (exact) mass is 404 g/mol. The van der Waals surface area contributed by atoms with Crippen LogP contribution in [0.2, 0.25) is 0 Å². The van der Waals surface area contributed by atoms with Crippen molar-refractivity contribution >= 4 is 17.4 Å². The highest BCUT2D eigenvalue weighted by Crippen LogP contribution is 2.32. The third-order valence-electron chi connectivity index (χ3n) is 4.61. The van der Waals surface area contributed by atoms with E-state index in [0.717, 1.165) is 0 Å². The quantitative estimate of drug-likeness (QED) is 0.534. The Bertz CT molecular complexity index is 988. The molecule has 0 radical (unpaired) electrons. The zero-order valence-corrected chi connectivity index (χ0v) is 15.8. The fraction of sp³-hybridized carbons (Fsp3) is 0.389. The van der Waals surface area contributed by atoms with Crippen LogP contribution < -0.4 is 11.0 Å². The van der Waals surface area contributed by atoms with Crippen molar-refractivity contribution in [1.82, 2.24) is 9.55 Å². The lowest BCUT2D eigenvalue weighted by atomic mass is 9.82. The van der Waals surface area contributed by atoms with E-state index in [1.165, 1.54) is 35.0 Å². The number of benzene rings is 1. The van der Waals surface area contributed by atoms with Gasteiger partial charge in [-0.1, -0.05) is 18.2 Å². The summed E-state index contributed by atoms with van der Waals surface area (Å²) < 4.78 is 11.7. The molecular formula is C18H20N4O7. The van der Waals surface area contributed by atoms with Gasteiger partial charge in [-0.25, -0.2) is 4.79 Å². The Morgan fingerprint density at radius 2 is 2.14 bits per heavy atom. The van der Waals surface area contributed by atoms with E-state index < -0.39 is 34.5 Å². The highest BCUT2D eigenvalue weighted by molar-refractivity contribution is 5.98. The third kappa shape index (κ3) is 4.16. The van der Waals surface area contributed by atoms with Crippen LogP contribution in [0.5, 0.6) is 0 Å². The molecule has 29 heavy (non-hydrogen) atoms. The van der Waals surface area contributed by atoms with Gasteiger partial charge in [-0.05, 0) is 19.9 Å². The Kier molecular flexibility index (Phi) is 5.73. The molecule has 2 N–H and O–H groups in total. The molecule has 0 aliphatic carbocycles. The molecule has 1 amide bonds. The summed E-state index contributed by atoms with van der Waals surface area (Å²) in [5, 5.41) is 22.8. The zero-order chi connectivity index (χ0) is 21.2. The Morgan fingerprint density at radius 3 is 2.76 bits per heavy atom. The van der Waals surface area contributed by atoms with E-state index in [-0.39, 0.29) is 30.3 Å². The summed E-state index contributed by atoms with van der Waals surface area (Å²) in [4.78, 5) is 39.6. The van der Waals surface area contributed by atoms with Crippen molar-refractivity contribution in [2.45, 2.75) is 31.8 Å². The minimum Gasteiger partial charge on any atom is -0.391 e. The van der Waals surface area contributed by atoms with Gasteiger partial charge in [0.2, 0.25) is 5.91 Å². The number of anilines is 1. The lowest BCUT2D eigenvalue weighted by Gasteiger charge is -2.23. The van der Waals surface area contributed by atoms with E-state index in [1.54, 1.807) is 19.9 Å². The Morgan fingerprint density at radius 1 is 1.41 bits per heavy atom. The fourth-order valence-corrected chi connectivity index (χ4v) is 2.94. The molecule has 1 aliphatic rings. The molecule has 1 saturated heterocycles. The topological polar surface area (TPSA) is 146 Å². The van der Waals surface area contributed by atoms with Crippen molar-refractivity contribution in [2.75, 3.05) is 18.5 Å². The maximum absolute atomic E-state index is 12.8. The predicted octanol–water partition coefficient (Wildman–Crippen LogP) is 0.932. The number of para-hydroxylation sites is 1. The van der Waals surface area contributed by atoms with Crippen molar-refractivity contribution in [3.8, 4) is 0 Å². The van der Waals surface area contributed by atoms with Gasteiger partial charge in [0.15, 0.2) is 12.5 Å². The summed E-state index contributed by atoms with van der Waals surface area (Å²) >= 11 is 0. The average molecular weight is 404 g/mol. The molecule has 2 heterocycles. The number of amides is 1. The van der Waals surface area contributed by atoms with Gasteiger partial charge >= 0.3 is 5.69 Å². The Balaban J connectivity index is 1.80. The molecule has 1 fully saturated rings. The Labute approximate surface area is 165 Å². The highest BCUT2D eigenvalue weighted by Gasteiger charge is 2.36. The van der Waals surface area contributed by atoms with Crippen molar-refractivity contribution < 1.29 is 24.3 Å². The summed E-state index contributed by atoms with van der Waals surface area (Å²) in [5.41, 5.74) is -1.87. The molecule has 2 atom stereocenters. The normalized spacial score (nSPS) is 19.1. The van der Waals surface area contributed by atoms with Crippen LogP contribution in [-0.4, -0.2) is 45.0 Å². The standard InChI is InChI=1S/C18H20N4O7/c1-18(2,11-5-3-4-6-12(11)22(26)27)16(24)19-13-7-8-21(17(25)20-13)14-10-28-15(9-23)29-14/h3-8,14-15,23H,9-10H2,1-2H3,(H,19,20,24,25)/t14-,15-/m0/s1. The van der Waals surface area contributed by atoms with Crippen molar-refractivity contribution in [3.05, 3.63) is 62.7 Å². The number of aromatic nitrogens is 2. The maximum atomic E-state index is 12.8. The molecule has 0 spiro atoms. The number of carbonyl (C=O) groups excluding carboxylic acids is 1. The number of nitro groups is 1. The van der Waals surface area contributed by atoms with Crippen molar-refractivity contribution in [3.63, 3.8) is 0 Å². The number of aliphatic hydroxyl groups is 1. The van der Waals surface area contributed by atoms with Gasteiger partial charge in [0.25, 0.3) is 5.69 Å². The van der Waals surface area contributed by atoms with Gasteiger partial charge in [0.1, 0.15) is 5.82 Å². The average Bonchev–Trinajstić information content (AvgIpc) is 3.17. The van der Waals surface area contributed by atoms with E-state index in [0.29, 0.717) is 0 Å². The van der Waals surface area contributed by atoms with Crippen LogP contribution in [0, 0.1) is 10.1 Å².